The average molecular weight is 259 g/mol. The van der Waals surface area contributed by atoms with Gasteiger partial charge in [-0.3, -0.25) is 0 Å². The lowest BCUT2D eigenvalue weighted by Crippen LogP contribution is -2.24. The molecule has 1 aromatic rings. The van der Waals surface area contributed by atoms with Gasteiger partial charge in [-0.25, -0.2) is 0 Å². The summed E-state index contributed by atoms with van der Waals surface area (Å²) in [5.41, 5.74) is 2.62. The number of benzene rings is 1. The van der Waals surface area contributed by atoms with E-state index in [4.69, 9.17) is 5.26 Å². The van der Waals surface area contributed by atoms with Gasteiger partial charge in [-0.15, -0.1) is 0 Å². The molecule has 18 heavy (non-hydrogen) atoms. The van der Waals surface area contributed by atoms with Gasteiger partial charge in [0.15, 0.2) is 0 Å². The van der Waals surface area contributed by atoms with Crippen molar-refractivity contribution in [1.29, 1.82) is 5.26 Å². The van der Waals surface area contributed by atoms with Crippen LogP contribution in [-0.4, -0.2) is 5.25 Å². The second-order valence-corrected chi connectivity index (χ2v) is 7.29. The average Bonchev–Trinajstić information content (AvgIpc) is 2.36. The van der Waals surface area contributed by atoms with Crippen LogP contribution in [0.25, 0.3) is 0 Å². The largest absolute Gasteiger partial charge is 0.192 e. The number of hydrogen-bond acceptors (Lipinski definition) is 2. The van der Waals surface area contributed by atoms with Crippen molar-refractivity contribution in [3.63, 3.8) is 0 Å². The van der Waals surface area contributed by atoms with Gasteiger partial charge < -0.3 is 0 Å². The molecule has 2 rings (SSSR count). The van der Waals surface area contributed by atoms with Crippen molar-refractivity contribution in [2.45, 2.75) is 50.5 Å². The van der Waals surface area contributed by atoms with Crippen molar-refractivity contribution in [2.75, 3.05) is 0 Å². The van der Waals surface area contributed by atoms with E-state index < -0.39 is 0 Å². The molecule has 0 bridgehead atoms. The SMILES string of the molecule is CC1(C)CCCC(SCc2ccc(C#N)cc2)C1. The van der Waals surface area contributed by atoms with E-state index in [-0.39, 0.29) is 0 Å². The van der Waals surface area contributed by atoms with Crippen molar-refractivity contribution >= 4 is 11.8 Å². The lowest BCUT2D eigenvalue weighted by molar-refractivity contribution is 0.251. The summed E-state index contributed by atoms with van der Waals surface area (Å²) in [5.74, 6) is 1.08. The van der Waals surface area contributed by atoms with Gasteiger partial charge in [0.05, 0.1) is 11.6 Å². The maximum atomic E-state index is 8.76. The minimum absolute atomic E-state index is 0.528. The number of hydrogen-bond donors (Lipinski definition) is 0. The van der Waals surface area contributed by atoms with Crippen molar-refractivity contribution < 1.29 is 0 Å². The van der Waals surface area contributed by atoms with E-state index in [1.165, 1.54) is 31.2 Å². The van der Waals surface area contributed by atoms with Crippen LogP contribution in [0.5, 0.6) is 0 Å². The molecule has 1 unspecified atom stereocenters. The highest BCUT2D eigenvalue weighted by Crippen LogP contribution is 2.40. The first kappa shape index (κ1) is 13.5. The Morgan fingerprint density at radius 2 is 2.06 bits per heavy atom. The highest BCUT2D eigenvalue weighted by Gasteiger charge is 2.27. The van der Waals surface area contributed by atoms with Gasteiger partial charge in [-0.1, -0.05) is 32.4 Å². The Labute approximate surface area is 115 Å². The summed E-state index contributed by atoms with van der Waals surface area (Å²) in [6, 6.07) is 10.2. The highest BCUT2D eigenvalue weighted by atomic mass is 32.2. The topological polar surface area (TPSA) is 23.8 Å². The van der Waals surface area contributed by atoms with E-state index in [2.05, 4.69) is 43.8 Å². The Hall–Kier alpha value is -0.940. The van der Waals surface area contributed by atoms with E-state index in [0.29, 0.717) is 5.41 Å². The summed E-state index contributed by atoms with van der Waals surface area (Å²) >= 11 is 2.08. The van der Waals surface area contributed by atoms with Gasteiger partial charge >= 0.3 is 0 Å². The molecule has 1 aliphatic carbocycles. The Kier molecular flexibility index (Phi) is 4.35. The predicted octanol–water partition coefficient (Wildman–Crippen LogP) is 4.76. The first-order valence-electron chi connectivity index (χ1n) is 6.70. The molecule has 0 spiro atoms. The van der Waals surface area contributed by atoms with Gasteiger partial charge in [0.1, 0.15) is 0 Å². The van der Waals surface area contributed by atoms with Crippen molar-refractivity contribution in [3.05, 3.63) is 35.4 Å². The number of nitrogens with zero attached hydrogens (tertiary/aromatic N) is 1. The molecule has 0 aliphatic heterocycles. The van der Waals surface area contributed by atoms with Crippen LogP contribution in [0.2, 0.25) is 0 Å². The molecule has 0 amide bonds. The van der Waals surface area contributed by atoms with Crippen LogP contribution in [0, 0.1) is 16.7 Å². The maximum Gasteiger partial charge on any atom is 0.0991 e. The van der Waals surface area contributed by atoms with Crippen LogP contribution in [0.4, 0.5) is 0 Å². The molecule has 1 aliphatic rings. The van der Waals surface area contributed by atoms with E-state index in [1.807, 2.05) is 12.1 Å². The first-order chi connectivity index (χ1) is 8.59. The molecule has 0 saturated heterocycles. The molecular weight excluding hydrogens is 238 g/mol. The molecular formula is C16H21NS. The van der Waals surface area contributed by atoms with Crippen molar-refractivity contribution in [1.82, 2.24) is 0 Å². The number of nitriles is 1. The summed E-state index contributed by atoms with van der Waals surface area (Å²) in [7, 11) is 0. The van der Waals surface area contributed by atoms with Gasteiger partial charge in [0.2, 0.25) is 0 Å². The fraction of sp³-hybridized carbons (Fsp3) is 0.562. The Bertz CT molecular complexity index is 427. The van der Waals surface area contributed by atoms with Crippen molar-refractivity contribution in [3.8, 4) is 6.07 Å². The van der Waals surface area contributed by atoms with Crippen LogP contribution in [0.1, 0.15) is 50.7 Å². The van der Waals surface area contributed by atoms with E-state index >= 15 is 0 Å². The van der Waals surface area contributed by atoms with E-state index in [0.717, 1.165) is 16.6 Å². The Morgan fingerprint density at radius 3 is 2.67 bits per heavy atom. The third-order valence-electron chi connectivity index (χ3n) is 3.73. The minimum Gasteiger partial charge on any atom is -0.192 e. The van der Waals surface area contributed by atoms with Crippen LogP contribution in [0.15, 0.2) is 24.3 Å². The van der Waals surface area contributed by atoms with Crippen LogP contribution < -0.4 is 0 Å². The second kappa shape index (κ2) is 5.80. The predicted molar refractivity (Wildman–Crippen MR) is 78.5 cm³/mol. The van der Waals surface area contributed by atoms with Gasteiger partial charge in [-0.05, 0) is 42.4 Å². The zero-order valence-corrected chi connectivity index (χ0v) is 12.1. The molecule has 0 aromatic heterocycles. The zero-order chi connectivity index (χ0) is 13.0. The lowest BCUT2D eigenvalue weighted by Gasteiger charge is -2.34. The monoisotopic (exact) mass is 259 g/mol. The lowest BCUT2D eigenvalue weighted by atomic mass is 9.77. The highest BCUT2D eigenvalue weighted by molar-refractivity contribution is 7.99. The molecule has 0 heterocycles. The standard InChI is InChI=1S/C16H21NS/c1-16(2)9-3-4-15(10-16)18-12-14-7-5-13(11-17)6-8-14/h5-8,15H,3-4,9-10,12H2,1-2H3. The van der Waals surface area contributed by atoms with E-state index in [1.54, 1.807) is 0 Å². The summed E-state index contributed by atoms with van der Waals surface area (Å²) in [6.07, 6.45) is 5.46. The van der Waals surface area contributed by atoms with Gasteiger partial charge in [0, 0.05) is 11.0 Å². The van der Waals surface area contributed by atoms with Crippen LogP contribution >= 0.6 is 11.8 Å². The van der Waals surface area contributed by atoms with E-state index in [9.17, 15) is 0 Å². The van der Waals surface area contributed by atoms with Crippen LogP contribution in [0.3, 0.4) is 0 Å². The summed E-state index contributed by atoms with van der Waals surface area (Å²) in [5, 5.41) is 9.57. The third kappa shape index (κ3) is 3.78. The number of rotatable bonds is 3. The molecule has 96 valence electrons. The summed E-state index contributed by atoms with van der Waals surface area (Å²) in [6.45, 7) is 4.78. The molecule has 1 nitrogen and oxygen atoms in total. The zero-order valence-electron chi connectivity index (χ0n) is 11.3. The summed E-state index contributed by atoms with van der Waals surface area (Å²) in [4.78, 5) is 0. The molecule has 0 N–H and O–H groups in total. The quantitative estimate of drug-likeness (QED) is 0.781. The van der Waals surface area contributed by atoms with Crippen LogP contribution in [-0.2, 0) is 5.75 Å². The molecule has 1 aromatic carbocycles. The molecule has 0 radical (unpaired) electrons. The first-order valence-corrected chi connectivity index (χ1v) is 7.75. The maximum absolute atomic E-state index is 8.76. The smallest absolute Gasteiger partial charge is 0.0991 e. The second-order valence-electron chi connectivity index (χ2n) is 6.00. The molecule has 1 atom stereocenters. The Balaban J connectivity index is 1.85. The summed E-state index contributed by atoms with van der Waals surface area (Å²) < 4.78 is 0. The fourth-order valence-corrected chi connectivity index (χ4v) is 4.18. The van der Waals surface area contributed by atoms with Gasteiger partial charge in [-0.2, -0.15) is 17.0 Å². The fourth-order valence-electron chi connectivity index (χ4n) is 2.66. The minimum atomic E-state index is 0.528. The van der Waals surface area contributed by atoms with Gasteiger partial charge in [0.25, 0.3) is 0 Å². The Morgan fingerprint density at radius 1 is 1.33 bits per heavy atom. The normalized spacial score (nSPS) is 22.4. The third-order valence-corrected chi connectivity index (χ3v) is 5.10. The number of thioether (sulfide) groups is 1. The molecule has 2 heteroatoms. The molecule has 1 saturated carbocycles. The molecule has 1 fully saturated rings. The van der Waals surface area contributed by atoms with Crippen molar-refractivity contribution in [2.24, 2.45) is 5.41 Å².